The van der Waals surface area contributed by atoms with E-state index in [0.29, 0.717) is 0 Å². The Bertz CT molecular complexity index is 950. The van der Waals surface area contributed by atoms with E-state index >= 15 is 0 Å². The molecular formula is C21H17N3. The maximum atomic E-state index is 4.48. The lowest BCUT2D eigenvalue weighted by molar-refractivity contribution is 1.07. The van der Waals surface area contributed by atoms with E-state index in [1.165, 1.54) is 5.56 Å². The highest BCUT2D eigenvalue weighted by atomic mass is 15.1. The van der Waals surface area contributed by atoms with Crippen LogP contribution in [0.25, 0.3) is 22.2 Å². The van der Waals surface area contributed by atoms with Crippen LogP contribution in [0.1, 0.15) is 5.56 Å². The first-order chi connectivity index (χ1) is 11.9. The third-order valence-corrected chi connectivity index (χ3v) is 4.03. The SMILES string of the molecule is c1ccc(CNc2c(-c3ccccc3)nnc3ccccc23)cc1. The molecule has 1 N–H and O–H groups in total. The summed E-state index contributed by atoms with van der Waals surface area (Å²) in [5, 5.41) is 13.5. The van der Waals surface area contributed by atoms with Crippen LogP contribution in [0.15, 0.2) is 84.9 Å². The van der Waals surface area contributed by atoms with E-state index in [1.807, 2.05) is 42.5 Å². The molecule has 0 saturated heterocycles. The first kappa shape index (κ1) is 14.4. The van der Waals surface area contributed by atoms with Gasteiger partial charge < -0.3 is 5.32 Å². The van der Waals surface area contributed by atoms with Gasteiger partial charge in [-0.15, -0.1) is 10.2 Å². The van der Waals surface area contributed by atoms with Crippen molar-refractivity contribution in [1.29, 1.82) is 0 Å². The largest absolute Gasteiger partial charge is 0.379 e. The number of anilines is 1. The number of hydrogen-bond donors (Lipinski definition) is 1. The molecule has 0 atom stereocenters. The van der Waals surface area contributed by atoms with E-state index in [0.717, 1.165) is 34.4 Å². The average molecular weight is 311 g/mol. The Morgan fingerprint density at radius 2 is 1.33 bits per heavy atom. The van der Waals surface area contributed by atoms with Crippen LogP contribution >= 0.6 is 0 Å². The lowest BCUT2D eigenvalue weighted by Gasteiger charge is -2.14. The maximum Gasteiger partial charge on any atom is 0.117 e. The molecule has 0 spiro atoms. The van der Waals surface area contributed by atoms with Crippen molar-refractivity contribution in [1.82, 2.24) is 10.2 Å². The number of rotatable bonds is 4. The van der Waals surface area contributed by atoms with E-state index in [2.05, 4.69) is 58.0 Å². The van der Waals surface area contributed by atoms with Crippen molar-refractivity contribution < 1.29 is 0 Å². The number of aromatic nitrogens is 2. The van der Waals surface area contributed by atoms with Crippen molar-refractivity contribution >= 4 is 16.6 Å². The molecule has 3 nitrogen and oxygen atoms in total. The molecule has 0 unspecified atom stereocenters. The van der Waals surface area contributed by atoms with Crippen LogP contribution in [0.5, 0.6) is 0 Å². The summed E-state index contributed by atoms with van der Waals surface area (Å²) in [6, 6.07) is 28.6. The highest BCUT2D eigenvalue weighted by molar-refractivity contribution is 5.97. The molecule has 4 rings (SSSR count). The summed E-state index contributed by atoms with van der Waals surface area (Å²) in [7, 11) is 0. The lowest BCUT2D eigenvalue weighted by atomic mass is 10.1. The van der Waals surface area contributed by atoms with Crippen LogP contribution in [0.4, 0.5) is 5.69 Å². The van der Waals surface area contributed by atoms with Crippen LogP contribution in [0, 0.1) is 0 Å². The Kier molecular flexibility index (Phi) is 3.90. The zero-order chi connectivity index (χ0) is 16.2. The van der Waals surface area contributed by atoms with E-state index in [4.69, 9.17) is 0 Å². The molecule has 3 aromatic carbocycles. The Morgan fingerprint density at radius 1 is 0.667 bits per heavy atom. The Balaban J connectivity index is 1.81. The van der Waals surface area contributed by atoms with Gasteiger partial charge in [-0.3, -0.25) is 0 Å². The number of nitrogens with zero attached hydrogens (tertiary/aromatic N) is 2. The molecule has 0 radical (unpaired) electrons. The van der Waals surface area contributed by atoms with Gasteiger partial charge in [0.15, 0.2) is 0 Å². The molecule has 4 aromatic rings. The summed E-state index contributed by atoms with van der Waals surface area (Å²) < 4.78 is 0. The molecule has 0 aliphatic heterocycles. The predicted octanol–water partition coefficient (Wildman–Crippen LogP) is 4.91. The standard InChI is InChI=1S/C21H17N3/c1-3-9-16(10-4-1)15-22-21-18-13-7-8-14-19(18)23-24-20(21)17-11-5-2-6-12-17/h1-14H,15H2,(H,22,23). The molecule has 0 fully saturated rings. The predicted molar refractivity (Wildman–Crippen MR) is 98.7 cm³/mol. The van der Waals surface area contributed by atoms with Gasteiger partial charge in [-0.05, 0) is 11.6 Å². The van der Waals surface area contributed by atoms with Gasteiger partial charge in [0, 0.05) is 17.5 Å². The summed E-state index contributed by atoms with van der Waals surface area (Å²) in [6.07, 6.45) is 0. The number of nitrogens with one attached hydrogen (secondary N) is 1. The highest BCUT2D eigenvalue weighted by Gasteiger charge is 2.12. The van der Waals surface area contributed by atoms with Crippen LogP contribution in [-0.2, 0) is 6.54 Å². The summed E-state index contributed by atoms with van der Waals surface area (Å²) in [4.78, 5) is 0. The fraction of sp³-hybridized carbons (Fsp3) is 0.0476. The van der Waals surface area contributed by atoms with E-state index in [9.17, 15) is 0 Å². The van der Waals surface area contributed by atoms with Gasteiger partial charge in [-0.25, -0.2) is 0 Å². The monoisotopic (exact) mass is 311 g/mol. The van der Waals surface area contributed by atoms with Crippen molar-refractivity contribution in [2.24, 2.45) is 0 Å². The molecule has 24 heavy (non-hydrogen) atoms. The zero-order valence-corrected chi connectivity index (χ0v) is 13.2. The third-order valence-electron chi connectivity index (χ3n) is 4.03. The molecule has 0 amide bonds. The molecule has 0 aliphatic rings. The van der Waals surface area contributed by atoms with Crippen molar-refractivity contribution in [3.05, 3.63) is 90.5 Å². The van der Waals surface area contributed by atoms with E-state index in [1.54, 1.807) is 0 Å². The summed E-state index contributed by atoms with van der Waals surface area (Å²) in [5.41, 5.74) is 5.09. The van der Waals surface area contributed by atoms with Crippen LogP contribution in [0.2, 0.25) is 0 Å². The van der Waals surface area contributed by atoms with E-state index in [-0.39, 0.29) is 0 Å². The Morgan fingerprint density at radius 3 is 2.12 bits per heavy atom. The summed E-state index contributed by atoms with van der Waals surface area (Å²) in [5.74, 6) is 0. The van der Waals surface area contributed by atoms with Crippen LogP contribution in [0.3, 0.4) is 0 Å². The second-order valence-corrected chi connectivity index (χ2v) is 5.65. The van der Waals surface area contributed by atoms with Gasteiger partial charge in [0.25, 0.3) is 0 Å². The highest BCUT2D eigenvalue weighted by Crippen LogP contribution is 2.31. The normalized spacial score (nSPS) is 10.7. The van der Waals surface area contributed by atoms with E-state index < -0.39 is 0 Å². The Labute approximate surface area is 141 Å². The fourth-order valence-electron chi connectivity index (χ4n) is 2.82. The summed E-state index contributed by atoms with van der Waals surface area (Å²) in [6.45, 7) is 0.746. The minimum absolute atomic E-state index is 0.746. The van der Waals surface area contributed by atoms with Gasteiger partial charge in [0.05, 0.1) is 11.2 Å². The molecule has 116 valence electrons. The van der Waals surface area contributed by atoms with Crippen molar-refractivity contribution in [3.8, 4) is 11.3 Å². The van der Waals surface area contributed by atoms with Gasteiger partial charge in [0.1, 0.15) is 5.69 Å². The Hall–Kier alpha value is -3.20. The fourth-order valence-corrected chi connectivity index (χ4v) is 2.82. The number of benzene rings is 3. The van der Waals surface area contributed by atoms with Gasteiger partial charge in [-0.2, -0.15) is 0 Å². The van der Waals surface area contributed by atoms with Crippen LogP contribution < -0.4 is 5.32 Å². The second-order valence-electron chi connectivity index (χ2n) is 5.65. The second kappa shape index (κ2) is 6.50. The number of fused-ring (bicyclic) bond motifs is 1. The molecular weight excluding hydrogens is 294 g/mol. The summed E-state index contributed by atoms with van der Waals surface area (Å²) >= 11 is 0. The molecule has 0 aliphatic carbocycles. The quantitative estimate of drug-likeness (QED) is 0.582. The molecule has 1 aromatic heterocycles. The number of hydrogen-bond acceptors (Lipinski definition) is 3. The maximum absolute atomic E-state index is 4.48. The van der Waals surface area contributed by atoms with Crippen molar-refractivity contribution in [2.45, 2.75) is 6.54 Å². The van der Waals surface area contributed by atoms with Gasteiger partial charge in [0.2, 0.25) is 0 Å². The van der Waals surface area contributed by atoms with Crippen LogP contribution in [-0.4, -0.2) is 10.2 Å². The molecule has 0 saturated carbocycles. The van der Waals surface area contributed by atoms with Gasteiger partial charge >= 0.3 is 0 Å². The molecule has 3 heteroatoms. The average Bonchev–Trinajstić information content (AvgIpc) is 2.67. The topological polar surface area (TPSA) is 37.8 Å². The first-order valence-corrected chi connectivity index (χ1v) is 8.00. The van der Waals surface area contributed by atoms with Crippen molar-refractivity contribution in [2.75, 3.05) is 5.32 Å². The molecule has 1 heterocycles. The first-order valence-electron chi connectivity index (χ1n) is 8.00. The van der Waals surface area contributed by atoms with Gasteiger partial charge in [-0.1, -0.05) is 78.9 Å². The lowest BCUT2D eigenvalue weighted by Crippen LogP contribution is -2.04. The smallest absolute Gasteiger partial charge is 0.117 e. The third kappa shape index (κ3) is 2.84. The molecule has 0 bridgehead atoms. The van der Waals surface area contributed by atoms with Crippen molar-refractivity contribution in [3.63, 3.8) is 0 Å². The zero-order valence-electron chi connectivity index (χ0n) is 13.2. The minimum atomic E-state index is 0.746. The minimum Gasteiger partial charge on any atom is -0.379 e.